The molecule has 6 nitrogen and oxygen atoms in total. The number of aromatic hydroxyl groups is 1. The predicted molar refractivity (Wildman–Crippen MR) is 105 cm³/mol. The van der Waals surface area contributed by atoms with Crippen LogP contribution >= 0.6 is 15.9 Å². The van der Waals surface area contributed by atoms with Crippen LogP contribution < -0.4 is 0 Å². The molecule has 1 aliphatic rings. The molecule has 2 heterocycles. The number of nitrogens with one attached hydrogen (secondary N) is 1. The smallest absolute Gasteiger partial charge is 0.273 e. The molecule has 1 aromatic heterocycles. The Bertz CT molecular complexity index is 1000. The monoisotopic (exact) mass is 427 g/mol. The van der Waals surface area contributed by atoms with Gasteiger partial charge in [0, 0.05) is 29.3 Å². The largest absolute Gasteiger partial charge is 0.507 e. The minimum absolute atomic E-state index is 0.124. The van der Waals surface area contributed by atoms with Crippen molar-refractivity contribution < 1.29 is 14.6 Å². The summed E-state index contributed by atoms with van der Waals surface area (Å²) in [6, 6.07) is 14.6. The van der Waals surface area contributed by atoms with E-state index in [1.165, 1.54) is 0 Å². The van der Waals surface area contributed by atoms with Gasteiger partial charge in [-0.25, -0.2) is 0 Å². The quantitative estimate of drug-likeness (QED) is 0.649. The molecular formula is C20H18BrN3O3. The van der Waals surface area contributed by atoms with Crippen LogP contribution in [0.3, 0.4) is 0 Å². The van der Waals surface area contributed by atoms with Crippen molar-refractivity contribution in [2.75, 3.05) is 20.3 Å². The summed E-state index contributed by atoms with van der Waals surface area (Å²) >= 11 is 3.51. The van der Waals surface area contributed by atoms with Crippen LogP contribution in [-0.2, 0) is 4.74 Å². The third kappa shape index (κ3) is 3.02. The van der Waals surface area contributed by atoms with Gasteiger partial charge in [0.2, 0.25) is 0 Å². The number of phenolic OH excluding ortho intramolecular Hbond substituents is 1. The molecule has 0 radical (unpaired) electrons. The number of para-hydroxylation sites is 1. The normalized spacial score (nSPS) is 16.0. The zero-order chi connectivity index (χ0) is 19.0. The number of hydrogen-bond donors (Lipinski definition) is 2. The van der Waals surface area contributed by atoms with Crippen LogP contribution in [0.5, 0.6) is 5.75 Å². The lowest BCUT2D eigenvalue weighted by atomic mass is 9.96. The number of aromatic nitrogens is 2. The van der Waals surface area contributed by atoms with Crippen LogP contribution in [-0.4, -0.2) is 46.4 Å². The van der Waals surface area contributed by atoms with Gasteiger partial charge in [0.05, 0.1) is 12.6 Å². The van der Waals surface area contributed by atoms with Gasteiger partial charge in [-0.05, 0) is 29.8 Å². The Morgan fingerprint density at radius 2 is 2.07 bits per heavy atom. The first-order valence-corrected chi connectivity index (χ1v) is 9.33. The van der Waals surface area contributed by atoms with Crippen molar-refractivity contribution in [3.05, 3.63) is 69.8 Å². The minimum atomic E-state index is -0.312. The van der Waals surface area contributed by atoms with Crippen LogP contribution in [0, 0.1) is 0 Å². The molecule has 2 aromatic carbocycles. The van der Waals surface area contributed by atoms with Crippen molar-refractivity contribution in [3.63, 3.8) is 0 Å². The van der Waals surface area contributed by atoms with E-state index in [0.717, 1.165) is 15.6 Å². The van der Waals surface area contributed by atoms with E-state index in [1.54, 1.807) is 30.2 Å². The molecule has 1 unspecified atom stereocenters. The second kappa shape index (κ2) is 7.17. The Morgan fingerprint density at radius 1 is 1.26 bits per heavy atom. The summed E-state index contributed by atoms with van der Waals surface area (Å²) in [5.74, 6) is 0.00350. The zero-order valence-electron chi connectivity index (χ0n) is 14.6. The highest BCUT2D eigenvalue weighted by atomic mass is 79.9. The molecule has 1 atom stereocenters. The summed E-state index contributed by atoms with van der Waals surface area (Å²) in [4.78, 5) is 14.8. The number of fused-ring (bicyclic) bond motifs is 1. The van der Waals surface area contributed by atoms with E-state index in [9.17, 15) is 9.90 Å². The van der Waals surface area contributed by atoms with E-state index >= 15 is 0 Å². The molecule has 0 aliphatic carbocycles. The molecule has 27 heavy (non-hydrogen) atoms. The van der Waals surface area contributed by atoms with Crippen molar-refractivity contribution in [2.24, 2.45) is 0 Å². The summed E-state index contributed by atoms with van der Waals surface area (Å²) in [7, 11) is 1.61. The number of rotatable bonds is 5. The fourth-order valence-corrected chi connectivity index (χ4v) is 3.94. The van der Waals surface area contributed by atoms with Crippen molar-refractivity contribution >= 4 is 21.8 Å². The summed E-state index contributed by atoms with van der Waals surface area (Å²) in [6.45, 7) is 0.884. The van der Waals surface area contributed by atoms with Gasteiger partial charge in [-0.3, -0.25) is 9.89 Å². The highest BCUT2D eigenvalue weighted by Gasteiger charge is 2.42. The first kappa shape index (κ1) is 17.8. The Hall–Kier alpha value is -2.64. The average molecular weight is 428 g/mol. The summed E-state index contributed by atoms with van der Waals surface area (Å²) < 4.78 is 6.13. The summed E-state index contributed by atoms with van der Waals surface area (Å²) in [5, 5.41) is 17.5. The molecule has 0 saturated heterocycles. The Morgan fingerprint density at radius 3 is 2.81 bits per heavy atom. The Balaban J connectivity index is 1.89. The van der Waals surface area contributed by atoms with Gasteiger partial charge < -0.3 is 14.7 Å². The highest BCUT2D eigenvalue weighted by molar-refractivity contribution is 9.10. The number of carbonyl (C=O) groups excluding carboxylic acids is 1. The molecular weight excluding hydrogens is 410 g/mol. The summed E-state index contributed by atoms with van der Waals surface area (Å²) in [6.07, 6.45) is 0. The number of benzene rings is 2. The lowest BCUT2D eigenvalue weighted by Gasteiger charge is -2.26. The van der Waals surface area contributed by atoms with Crippen molar-refractivity contribution in [1.82, 2.24) is 15.1 Å². The van der Waals surface area contributed by atoms with E-state index in [-0.39, 0.29) is 17.7 Å². The summed E-state index contributed by atoms with van der Waals surface area (Å²) in [5.41, 5.74) is 3.37. The van der Waals surface area contributed by atoms with Gasteiger partial charge in [0.1, 0.15) is 17.1 Å². The number of ether oxygens (including phenoxy) is 1. The molecule has 0 fully saturated rings. The third-order valence-electron chi connectivity index (χ3n) is 4.72. The van der Waals surface area contributed by atoms with Gasteiger partial charge in [-0.2, -0.15) is 5.10 Å². The van der Waals surface area contributed by atoms with Gasteiger partial charge in [-0.1, -0.05) is 40.2 Å². The molecule has 1 aliphatic heterocycles. The molecule has 2 N–H and O–H groups in total. The number of methoxy groups -OCH3 is 1. The molecule has 0 bridgehead atoms. The van der Waals surface area contributed by atoms with Crippen LogP contribution in [0.1, 0.15) is 27.7 Å². The van der Waals surface area contributed by atoms with E-state index in [0.29, 0.717) is 30.1 Å². The minimum Gasteiger partial charge on any atom is -0.507 e. The number of phenols is 1. The third-order valence-corrected chi connectivity index (χ3v) is 5.22. The molecule has 1 amide bonds. The molecule has 4 rings (SSSR count). The van der Waals surface area contributed by atoms with E-state index in [4.69, 9.17) is 4.74 Å². The van der Waals surface area contributed by atoms with Crippen LogP contribution in [0.15, 0.2) is 53.0 Å². The topological polar surface area (TPSA) is 78.5 Å². The lowest BCUT2D eigenvalue weighted by molar-refractivity contribution is 0.0677. The maximum Gasteiger partial charge on any atom is 0.273 e. The highest BCUT2D eigenvalue weighted by Crippen LogP contribution is 2.44. The second-order valence-corrected chi connectivity index (χ2v) is 7.24. The molecule has 0 spiro atoms. The second-order valence-electron chi connectivity index (χ2n) is 6.33. The number of halogens is 1. The van der Waals surface area contributed by atoms with Gasteiger partial charge in [0.15, 0.2) is 0 Å². The maximum absolute atomic E-state index is 13.0. The Kier molecular flexibility index (Phi) is 4.72. The van der Waals surface area contributed by atoms with Crippen molar-refractivity contribution in [1.29, 1.82) is 0 Å². The molecule has 7 heteroatoms. The SMILES string of the molecule is COCCN1C(=O)c2[nH]nc(-c3ccccc3O)c2C1c1cccc(Br)c1. The number of amides is 1. The Labute approximate surface area is 164 Å². The fraction of sp³-hybridized carbons (Fsp3) is 0.200. The number of nitrogens with zero attached hydrogens (tertiary/aromatic N) is 2. The molecule has 3 aromatic rings. The van der Waals surface area contributed by atoms with E-state index in [1.807, 2.05) is 30.3 Å². The fourth-order valence-electron chi connectivity index (χ4n) is 3.52. The van der Waals surface area contributed by atoms with E-state index in [2.05, 4.69) is 26.1 Å². The zero-order valence-corrected chi connectivity index (χ0v) is 16.2. The number of H-pyrrole nitrogens is 1. The van der Waals surface area contributed by atoms with E-state index < -0.39 is 0 Å². The van der Waals surface area contributed by atoms with Crippen LogP contribution in [0.4, 0.5) is 0 Å². The van der Waals surface area contributed by atoms with Crippen LogP contribution in [0.25, 0.3) is 11.3 Å². The first-order valence-electron chi connectivity index (χ1n) is 8.53. The maximum atomic E-state index is 13.0. The predicted octanol–water partition coefficient (Wildman–Crippen LogP) is 3.74. The van der Waals surface area contributed by atoms with Crippen molar-refractivity contribution in [2.45, 2.75) is 6.04 Å². The first-order chi connectivity index (χ1) is 13.1. The van der Waals surface area contributed by atoms with Gasteiger partial charge >= 0.3 is 0 Å². The lowest BCUT2D eigenvalue weighted by Crippen LogP contribution is -2.32. The van der Waals surface area contributed by atoms with Gasteiger partial charge in [0.25, 0.3) is 5.91 Å². The van der Waals surface area contributed by atoms with Gasteiger partial charge in [-0.15, -0.1) is 0 Å². The van der Waals surface area contributed by atoms with Crippen LogP contribution in [0.2, 0.25) is 0 Å². The molecule has 138 valence electrons. The number of hydrogen-bond acceptors (Lipinski definition) is 4. The average Bonchev–Trinajstić information content (AvgIpc) is 3.20. The molecule has 0 saturated carbocycles. The van der Waals surface area contributed by atoms with Crippen molar-refractivity contribution in [3.8, 4) is 17.0 Å². The number of carbonyl (C=O) groups is 1. The standard InChI is InChI=1S/C20H18BrN3O3/c1-27-10-9-24-19(12-5-4-6-13(21)11-12)16-17(22-23-18(16)20(24)26)14-7-2-3-8-15(14)25/h2-8,11,19,25H,9-10H2,1H3,(H,22,23). The number of aromatic amines is 1.